The number of benzene rings is 12. The summed E-state index contributed by atoms with van der Waals surface area (Å²) in [6.45, 7) is 0. The molecule has 80 heavy (non-hydrogen) atoms. The van der Waals surface area contributed by atoms with E-state index in [9.17, 15) is 0 Å². The van der Waals surface area contributed by atoms with Crippen molar-refractivity contribution in [2.24, 2.45) is 0 Å². The van der Waals surface area contributed by atoms with E-state index in [1.54, 1.807) is 0 Å². The summed E-state index contributed by atoms with van der Waals surface area (Å²) in [6.07, 6.45) is 5.70. The largest absolute Gasteiger partial charge is 0.310 e. The molecule has 1 aliphatic carbocycles. The van der Waals surface area contributed by atoms with Gasteiger partial charge in [-0.3, -0.25) is 0 Å². The summed E-state index contributed by atoms with van der Waals surface area (Å²) in [5, 5.41) is 8.70. The van der Waals surface area contributed by atoms with Gasteiger partial charge in [0, 0.05) is 72.4 Å². The zero-order chi connectivity index (χ0) is 52.7. The molecule has 0 fully saturated rings. The molecule has 3 aromatic heterocycles. The molecular weight excluding hydrogens is 969 g/mol. The van der Waals surface area contributed by atoms with Crippen LogP contribution in [0.3, 0.4) is 0 Å². The van der Waals surface area contributed by atoms with Gasteiger partial charge in [0.25, 0.3) is 0 Å². The Balaban J connectivity index is 0.775. The smallest absolute Gasteiger partial charge is 0.0541 e. The normalized spacial score (nSPS) is 13.3. The molecule has 0 saturated carbocycles. The van der Waals surface area contributed by atoms with Crippen LogP contribution in [0, 0.1) is 0 Å². The molecule has 16 rings (SSSR count). The first-order valence-electron chi connectivity index (χ1n) is 27.8. The standard InChI is InChI=1S/C76H52N4/c1-3-17-56(18-4-1)78-72-29-15-11-25-66(72)68-49-54(37-46-75(68)78)53-33-31-51(32-34-53)52-35-39-58(40-36-52)77(59-41-43-60(44-42-59)80-70-27-13-9-23-64(70)65-24-10-14-28-71(65)80)74-48-45-61(62-21-7-8-22-63(62)74)55-38-47-76-69(50-55)67-26-12-16-30-73(67)79(76)57-19-5-2-6-20-57/h1-48,50,54H,49H2. The number of para-hydroxylation sites is 6. The molecule has 0 bridgehead atoms. The van der Waals surface area contributed by atoms with Crippen molar-refractivity contribution >= 4 is 88.4 Å². The first-order chi connectivity index (χ1) is 39.7. The first-order valence-corrected chi connectivity index (χ1v) is 27.8. The predicted molar refractivity (Wildman–Crippen MR) is 337 cm³/mol. The van der Waals surface area contributed by atoms with Crippen LogP contribution in [0.4, 0.5) is 17.1 Å². The van der Waals surface area contributed by atoms with Crippen LogP contribution in [0.15, 0.2) is 291 Å². The Morgan fingerprint density at radius 3 is 1.35 bits per heavy atom. The fourth-order valence-electron chi connectivity index (χ4n) is 13.1. The Labute approximate surface area is 464 Å². The molecule has 1 unspecified atom stereocenters. The Bertz CT molecular complexity index is 4830. The van der Waals surface area contributed by atoms with Gasteiger partial charge in [0.1, 0.15) is 0 Å². The lowest BCUT2D eigenvalue weighted by Gasteiger charge is -2.28. The lowest BCUT2D eigenvalue weighted by molar-refractivity contribution is 0.825. The average Bonchev–Trinajstić information content (AvgIpc) is 4.26. The number of hydrogen-bond acceptors (Lipinski definition) is 1. The minimum atomic E-state index is 0.287. The van der Waals surface area contributed by atoms with Gasteiger partial charge in [0.15, 0.2) is 0 Å². The van der Waals surface area contributed by atoms with Crippen LogP contribution >= 0.6 is 0 Å². The molecule has 1 atom stereocenters. The van der Waals surface area contributed by atoms with E-state index in [1.165, 1.54) is 110 Å². The van der Waals surface area contributed by atoms with E-state index in [4.69, 9.17) is 0 Å². The molecule has 0 saturated heterocycles. The molecule has 376 valence electrons. The second-order valence-electron chi connectivity index (χ2n) is 21.2. The number of anilines is 3. The maximum atomic E-state index is 2.43. The summed E-state index contributed by atoms with van der Waals surface area (Å²) in [5.41, 5.74) is 21.6. The number of hydrogen-bond donors (Lipinski definition) is 0. The molecule has 0 N–H and O–H groups in total. The molecule has 1 aliphatic rings. The van der Waals surface area contributed by atoms with Gasteiger partial charge in [-0.2, -0.15) is 0 Å². The van der Waals surface area contributed by atoms with E-state index in [0.29, 0.717) is 0 Å². The minimum absolute atomic E-state index is 0.287. The maximum absolute atomic E-state index is 2.43. The third-order valence-electron chi connectivity index (χ3n) is 16.8. The highest BCUT2D eigenvalue weighted by Crippen LogP contribution is 2.45. The Hall–Kier alpha value is -10.4. The molecule has 0 amide bonds. The first kappa shape index (κ1) is 45.7. The maximum Gasteiger partial charge on any atom is 0.0541 e. The van der Waals surface area contributed by atoms with Crippen molar-refractivity contribution in [1.82, 2.24) is 13.7 Å². The van der Waals surface area contributed by atoms with Crippen molar-refractivity contribution in [3.05, 3.63) is 308 Å². The molecule has 12 aromatic carbocycles. The Morgan fingerprint density at radius 2 is 0.750 bits per heavy atom. The van der Waals surface area contributed by atoms with Crippen LogP contribution in [-0.4, -0.2) is 13.7 Å². The van der Waals surface area contributed by atoms with Gasteiger partial charge < -0.3 is 18.6 Å². The molecule has 15 aromatic rings. The van der Waals surface area contributed by atoms with E-state index in [1.807, 2.05) is 0 Å². The van der Waals surface area contributed by atoms with Crippen molar-refractivity contribution in [1.29, 1.82) is 0 Å². The minimum Gasteiger partial charge on any atom is -0.310 e. The van der Waals surface area contributed by atoms with Gasteiger partial charge in [0.2, 0.25) is 0 Å². The molecule has 0 aliphatic heterocycles. The highest BCUT2D eigenvalue weighted by molar-refractivity contribution is 6.13. The van der Waals surface area contributed by atoms with Gasteiger partial charge in [-0.1, -0.05) is 188 Å². The summed E-state index contributed by atoms with van der Waals surface area (Å²) in [4.78, 5) is 2.43. The highest BCUT2D eigenvalue weighted by atomic mass is 15.1. The zero-order valence-corrected chi connectivity index (χ0v) is 43.9. The quantitative estimate of drug-likeness (QED) is 0.141. The van der Waals surface area contributed by atoms with Crippen LogP contribution in [0.2, 0.25) is 0 Å². The lowest BCUT2D eigenvalue weighted by atomic mass is 9.86. The predicted octanol–water partition coefficient (Wildman–Crippen LogP) is 20.1. The molecule has 3 heterocycles. The summed E-state index contributed by atoms with van der Waals surface area (Å²) in [6, 6.07) is 105. The van der Waals surface area contributed by atoms with Crippen LogP contribution in [0.25, 0.3) is 111 Å². The summed E-state index contributed by atoms with van der Waals surface area (Å²) < 4.78 is 7.19. The summed E-state index contributed by atoms with van der Waals surface area (Å²) >= 11 is 0. The van der Waals surface area contributed by atoms with Crippen LogP contribution in [0.5, 0.6) is 0 Å². The van der Waals surface area contributed by atoms with Crippen molar-refractivity contribution in [3.8, 4) is 39.3 Å². The van der Waals surface area contributed by atoms with Crippen molar-refractivity contribution < 1.29 is 0 Å². The molecular formula is C76H52N4. The topological polar surface area (TPSA) is 18.0 Å². The number of rotatable bonds is 9. The van der Waals surface area contributed by atoms with E-state index in [2.05, 4.69) is 316 Å². The van der Waals surface area contributed by atoms with E-state index in [-0.39, 0.29) is 5.92 Å². The average molecular weight is 1020 g/mol. The Morgan fingerprint density at radius 1 is 0.312 bits per heavy atom. The summed E-state index contributed by atoms with van der Waals surface area (Å²) in [5.74, 6) is 0.287. The van der Waals surface area contributed by atoms with Crippen LogP contribution < -0.4 is 4.90 Å². The van der Waals surface area contributed by atoms with E-state index < -0.39 is 0 Å². The number of aromatic nitrogens is 3. The SMILES string of the molecule is C1=CC(c2ccc(-c3ccc(N(c4ccc(-n5c6ccccc6c6ccccc65)cc4)c4ccc(-c5ccc6c(c5)c5ccccc5n6-c5ccccc5)c5ccccc45)cc3)cc2)Cc2c1n(-c1ccccc1)c1ccccc21. The van der Waals surface area contributed by atoms with Crippen molar-refractivity contribution in [3.63, 3.8) is 0 Å². The van der Waals surface area contributed by atoms with Gasteiger partial charge in [0.05, 0.1) is 33.3 Å². The molecule has 4 nitrogen and oxygen atoms in total. The third-order valence-corrected chi connectivity index (χ3v) is 16.8. The Kier molecular flexibility index (Phi) is 10.7. The molecule has 0 spiro atoms. The van der Waals surface area contributed by atoms with Gasteiger partial charge in [-0.05, 0) is 154 Å². The number of fused-ring (bicyclic) bond motifs is 10. The second kappa shape index (κ2) is 18.7. The van der Waals surface area contributed by atoms with Crippen LogP contribution in [-0.2, 0) is 6.42 Å². The summed E-state index contributed by atoms with van der Waals surface area (Å²) in [7, 11) is 0. The third kappa shape index (κ3) is 7.37. The van der Waals surface area contributed by atoms with Gasteiger partial charge in [-0.15, -0.1) is 0 Å². The van der Waals surface area contributed by atoms with Crippen molar-refractivity contribution in [2.75, 3.05) is 4.90 Å². The zero-order valence-electron chi connectivity index (χ0n) is 43.9. The lowest BCUT2D eigenvalue weighted by Crippen LogP contribution is -2.11. The fraction of sp³-hybridized carbons (Fsp3) is 0.0263. The van der Waals surface area contributed by atoms with Gasteiger partial charge >= 0.3 is 0 Å². The highest BCUT2D eigenvalue weighted by Gasteiger charge is 2.25. The van der Waals surface area contributed by atoms with E-state index >= 15 is 0 Å². The second-order valence-corrected chi connectivity index (χ2v) is 21.2. The number of allylic oxidation sites excluding steroid dienone is 1. The van der Waals surface area contributed by atoms with Crippen molar-refractivity contribution in [2.45, 2.75) is 12.3 Å². The van der Waals surface area contributed by atoms with Crippen LogP contribution in [0.1, 0.15) is 22.7 Å². The number of nitrogens with zero attached hydrogens (tertiary/aromatic N) is 4. The van der Waals surface area contributed by atoms with Gasteiger partial charge in [-0.25, -0.2) is 0 Å². The molecule has 0 radical (unpaired) electrons. The molecule has 4 heteroatoms. The van der Waals surface area contributed by atoms with E-state index in [0.717, 1.165) is 34.9 Å². The fourth-order valence-corrected chi connectivity index (χ4v) is 13.1. The monoisotopic (exact) mass is 1020 g/mol.